The molecule has 0 saturated heterocycles. The molecular weight excluding hydrogens is 427 g/mol. The SMILES string of the molecule is O=C(COc1cccc(NC(=O)COc2ccc(Cl)c(Cl)c2)c1)Nc1ccccc1. The number of carbonyl (C=O) groups excluding carboxylic acids is 2. The van der Waals surface area contributed by atoms with Crippen molar-refractivity contribution in [1.82, 2.24) is 0 Å². The molecule has 0 fully saturated rings. The van der Waals surface area contributed by atoms with Crippen molar-refractivity contribution in [2.75, 3.05) is 23.8 Å². The molecule has 3 aromatic carbocycles. The lowest BCUT2D eigenvalue weighted by molar-refractivity contribution is -0.118. The molecule has 0 aliphatic rings. The topological polar surface area (TPSA) is 76.7 Å². The fourth-order valence-corrected chi connectivity index (χ4v) is 2.73. The molecule has 0 unspecified atom stereocenters. The number of amides is 2. The highest BCUT2D eigenvalue weighted by atomic mass is 35.5. The maximum Gasteiger partial charge on any atom is 0.262 e. The summed E-state index contributed by atoms with van der Waals surface area (Å²) < 4.78 is 10.9. The standard InChI is InChI=1S/C22H18Cl2N2O4/c23-19-10-9-18(12-20(19)24)30-14-22(28)26-16-7-4-8-17(11-16)29-13-21(27)25-15-5-2-1-3-6-15/h1-12H,13-14H2,(H,25,27)(H,26,28). The van der Waals surface area contributed by atoms with Crippen LogP contribution in [-0.4, -0.2) is 25.0 Å². The van der Waals surface area contributed by atoms with Crippen molar-refractivity contribution in [2.24, 2.45) is 0 Å². The second-order valence-corrected chi connectivity index (χ2v) is 6.96. The Bertz CT molecular complexity index is 1030. The highest BCUT2D eigenvalue weighted by Gasteiger charge is 2.08. The summed E-state index contributed by atoms with van der Waals surface area (Å²) in [6.07, 6.45) is 0. The largest absolute Gasteiger partial charge is 0.484 e. The van der Waals surface area contributed by atoms with Gasteiger partial charge in [0, 0.05) is 23.5 Å². The molecule has 30 heavy (non-hydrogen) atoms. The average Bonchev–Trinajstić information content (AvgIpc) is 2.74. The first-order valence-corrected chi connectivity index (χ1v) is 9.70. The summed E-state index contributed by atoms with van der Waals surface area (Å²) in [4.78, 5) is 24.1. The van der Waals surface area contributed by atoms with Crippen LogP contribution in [0.4, 0.5) is 11.4 Å². The van der Waals surface area contributed by atoms with Gasteiger partial charge < -0.3 is 20.1 Å². The van der Waals surface area contributed by atoms with Gasteiger partial charge >= 0.3 is 0 Å². The molecule has 2 N–H and O–H groups in total. The maximum atomic E-state index is 12.1. The summed E-state index contributed by atoms with van der Waals surface area (Å²) in [6, 6.07) is 20.6. The van der Waals surface area contributed by atoms with E-state index in [2.05, 4.69) is 10.6 Å². The minimum atomic E-state index is -0.361. The number of anilines is 2. The molecule has 2 amide bonds. The Labute approximate surface area is 183 Å². The van der Waals surface area contributed by atoms with Gasteiger partial charge in [-0.3, -0.25) is 9.59 Å². The predicted molar refractivity (Wildman–Crippen MR) is 118 cm³/mol. The van der Waals surface area contributed by atoms with E-state index in [0.29, 0.717) is 32.9 Å². The van der Waals surface area contributed by atoms with Gasteiger partial charge in [0.15, 0.2) is 13.2 Å². The molecule has 0 aliphatic carbocycles. The normalized spacial score (nSPS) is 10.2. The first-order chi connectivity index (χ1) is 14.5. The summed E-state index contributed by atoms with van der Waals surface area (Å²) in [7, 11) is 0. The fraction of sp³-hybridized carbons (Fsp3) is 0.0909. The average molecular weight is 445 g/mol. The third-order valence-electron chi connectivity index (χ3n) is 3.81. The molecule has 0 saturated carbocycles. The Morgan fingerprint density at radius 1 is 0.667 bits per heavy atom. The van der Waals surface area contributed by atoms with Crippen molar-refractivity contribution in [2.45, 2.75) is 0 Å². The van der Waals surface area contributed by atoms with Gasteiger partial charge in [0.2, 0.25) is 0 Å². The number of rotatable bonds is 8. The van der Waals surface area contributed by atoms with Crippen molar-refractivity contribution in [3.63, 3.8) is 0 Å². The molecule has 0 atom stereocenters. The van der Waals surface area contributed by atoms with Crippen LogP contribution in [0, 0.1) is 0 Å². The van der Waals surface area contributed by atoms with Gasteiger partial charge in [-0.05, 0) is 36.4 Å². The van der Waals surface area contributed by atoms with Crippen LogP contribution < -0.4 is 20.1 Å². The lowest BCUT2D eigenvalue weighted by Crippen LogP contribution is -2.21. The zero-order valence-corrected chi connectivity index (χ0v) is 17.2. The monoisotopic (exact) mass is 444 g/mol. The van der Waals surface area contributed by atoms with Gasteiger partial charge in [0.05, 0.1) is 10.0 Å². The van der Waals surface area contributed by atoms with Crippen molar-refractivity contribution in [3.8, 4) is 11.5 Å². The Morgan fingerprint density at radius 3 is 1.93 bits per heavy atom. The molecule has 6 nitrogen and oxygen atoms in total. The molecule has 0 radical (unpaired) electrons. The van der Waals surface area contributed by atoms with Crippen LogP contribution in [0.3, 0.4) is 0 Å². The van der Waals surface area contributed by atoms with E-state index >= 15 is 0 Å². The predicted octanol–water partition coefficient (Wildman–Crippen LogP) is 5.03. The van der Waals surface area contributed by atoms with Gasteiger partial charge in [0.1, 0.15) is 11.5 Å². The molecule has 3 aromatic rings. The van der Waals surface area contributed by atoms with Crippen LogP contribution in [0.15, 0.2) is 72.8 Å². The van der Waals surface area contributed by atoms with Gasteiger partial charge in [-0.1, -0.05) is 47.5 Å². The van der Waals surface area contributed by atoms with Crippen LogP contribution >= 0.6 is 23.2 Å². The molecule has 154 valence electrons. The van der Waals surface area contributed by atoms with Gasteiger partial charge in [-0.25, -0.2) is 0 Å². The van der Waals surface area contributed by atoms with E-state index in [-0.39, 0.29) is 25.0 Å². The van der Waals surface area contributed by atoms with Gasteiger partial charge in [0.25, 0.3) is 11.8 Å². The molecule has 0 spiro atoms. The Kier molecular flexibility index (Phi) is 7.54. The first-order valence-electron chi connectivity index (χ1n) is 8.95. The van der Waals surface area contributed by atoms with Crippen molar-refractivity contribution >= 4 is 46.4 Å². The van der Waals surface area contributed by atoms with E-state index in [1.807, 2.05) is 18.2 Å². The molecule has 0 aliphatic heterocycles. The summed E-state index contributed by atoms with van der Waals surface area (Å²) in [5, 5.41) is 6.18. The molecule has 0 aromatic heterocycles. The lowest BCUT2D eigenvalue weighted by Gasteiger charge is -2.10. The highest BCUT2D eigenvalue weighted by Crippen LogP contribution is 2.26. The van der Waals surface area contributed by atoms with Crippen LogP contribution in [-0.2, 0) is 9.59 Å². The molecular formula is C22H18Cl2N2O4. The quantitative estimate of drug-likeness (QED) is 0.510. The van der Waals surface area contributed by atoms with E-state index in [4.69, 9.17) is 32.7 Å². The number of nitrogens with one attached hydrogen (secondary N) is 2. The first kappa shape index (κ1) is 21.5. The van der Waals surface area contributed by atoms with E-state index in [0.717, 1.165) is 0 Å². The zero-order valence-electron chi connectivity index (χ0n) is 15.7. The minimum absolute atomic E-state index is 0.160. The third kappa shape index (κ3) is 6.69. The van der Waals surface area contributed by atoms with Gasteiger partial charge in [-0.15, -0.1) is 0 Å². The molecule has 3 rings (SSSR count). The number of hydrogen-bond donors (Lipinski definition) is 2. The minimum Gasteiger partial charge on any atom is -0.484 e. The Morgan fingerprint density at radius 2 is 1.27 bits per heavy atom. The third-order valence-corrected chi connectivity index (χ3v) is 4.55. The molecule has 0 bridgehead atoms. The van der Waals surface area contributed by atoms with Crippen LogP contribution in [0.25, 0.3) is 0 Å². The van der Waals surface area contributed by atoms with Crippen LogP contribution in [0.5, 0.6) is 11.5 Å². The Balaban J connectivity index is 1.47. The van der Waals surface area contributed by atoms with E-state index in [1.165, 1.54) is 6.07 Å². The van der Waals surface area contributed by atoms with E-state index < -0.39 is 0 Å². The lowest BCUT2D eigenvalue weighted by atomic mass is 10.3. The second kappa shape index (κ2) is 10.5. The highest BCUT2D eigenvalue weighted by molar-refractivity contribution is 6.42. The van der Waals surface area contributed by atoms with E-state index in [9.17, 15) is 9.59 Å². The number of halogens is 2. The summed E-state index contributed by atoms with van der Waals surface area (Å²) >= 11 is 11.8. The van der Waals surface area contributed by atoms with E-state index in [1.54, 1.807) is 48.5 Å². The Hall–Kier alpha value is -3.22. The number of benzene rings is 3. The number of ether oxygens (including phenoxy) is 2. The smallest absolute Gasteiger partial charge is 0.262 e. The van der Waals surface area contributed by atoms with Crippen molar-refractivity contribution < 1.29 is 19.1 Å². The number of hydrogen-bond acceptors (Lipinski definition) is 4. The fourth-order valence-electron chi connectivity index (χ4n) is 2.44. The number of para-hydroxylation sites is 1. The maximum absolute atomic E-state index is 12.1. The van der Waals surface area contributed by atoms with Crippen LogP contribution in [0.1, 0.15) is 0 Å². The molecule has 0 heterocycles. The second-order valence-electron chi connectivity index (χ2n) is 6.14. The van der Waals surface area contributed by atoms with Crippen molar-refractivity contribution in [1.29, 1.82) is 0 Å². The number of carbonyl (C=O) groups is 2. The summed E-state index contributed by atoms with van der Waals surface area (Å²) in [5.41, 5.74) is 1.20. The molecule has 8 heteroatoms. The van der Waals surface area contributed by atoms with Gasteiger partial charge in [-0.2, -0.15) is 0 Å². The van der Waals surface area contributed by atoms with Crippen LogP contribution in [0.2, 0.25) is 10.0 Å². The van der Waals surface area contributed by atoms with Crippen molar-refractivity contribution in [3.05, 3.63) is 82.8 Å². The summed E-state index contributed by atoms with van der Waals surface area (Å²) in [6.45, 7) is -0.366. The zero-order chi connectivity index (χ0) is 21.3. The summed E-state index contributed by atoms with van der Waals surface area (Å²) in [5.74, 6) is 0.230.